The molecular weight excluding hydrogens is 244 g/mol. The SMILES string of the molecule is C#CCCCn1nc(C(=O)O)c2ccccc2c1=O. The molecule has 1 aromatic heterocycles. The van der Waals surface area contributed by atoms with Crippen LogP contribution in [0.5, 0.6) is 0 Å². The summed E-state index contributed by atoms with van der Waals surface area (Å²) in [5, 5.41) is 13.8. The number of carboxylic acids is 1. The minimum absolute atomic E-state index is 0.115. The normalized spacial score (nSPS) is 10.3. The summed E-state index contributed by atoms with van der Waals surface area (Å²) in [5.74, 6) is 1.32. The molecule has 0 aliphatic heterocycles. The number of aromatic nitrogens is 2. The molecule has 0 aliphatic rings. The van der Waals surface area contributed by atoms with E-state index < -0.39 is 5.97 Å². The maximum atomic E-state index is 12.2. The van der Waals surface area contributed by atoms with Gasteiger partial charge in [0.15, 0.2) is 5.69 Å². The molecule has 96 valence electrons. The van der Waals surface area contributed by atoms with Crippen LogP contribution >= 0.6 is 0 Å². The number of nitrogens with zero attached hydrogens (tertiary/aromatic N) is 2. The van der Waals surface area contributed by atoms with Crippen LogP contribution in [0.15, 0.2) is 29.1 Å². The number of unbranched alkanes of at least 4 members (excludes halogenated alkanes) is 1. The van der Waals surface area contributed by atoms with Gasteiger partial charge in [-0.15, -0.1) is 12.3 Å². The highest BCUT2D eigenvalue weighted by Crippen LogP contribution is 2.13. The van der Waals surface area contributed by atoms with Gasteiger partial charge in [-0.05, 0) is 12.5 Å². The van der Waals surface area contributed by atoms with Gasteiger partial charge < -0.3 is 5.11 Å². The number of hydrogen-bond donors (Lipinski definition) is 1. The van der Waals surface area contributed by atoms with Crippen molar-refractivity contribution in [2.45, 2.75) is 19.4 Å². The van der Waals surface area contributed by atoms with Crippen LogP contribution in [0.3, 0.4) is 0 Å². The Kier molecular flexibility index (Phi) is 3.62. The number of terminal acetylenes is 1. The minimum Gasteiger partial charge on any atom is -0.476 e. The van der Waals surface area contributed by atoms with Gasteiger partial charge in [-0.1, -0.05) is 18.2 Å². The van der Waals surface area contributed by atoms with E-state index in [1.54, 1.807) is 24.3 Å². The van der Waals surface area contributed by atoms with Crippen LogP contribution < -0.4 is 5.56 Å². The summed E-state index contributed by atoms with van der Waals surface area (Å²) >= 11 is 0. The third-order valence-electron chi connectivity index (χ3n) is 2.76. The molecule has 0 saturated carbocycles. The molecule has 2 rings (SSSR count). The second-order valence-electron chi connectivity index (χ2n) is 4.04. The van der Waals surface area contributed by atoms with Gasteiger partial charge in [-0.2, -0.15) is 5.10 Å². The molecule has 0 unspecified atom stereocenters. The van der Waals surface area contributed by atoms with E-state index in [0.717, 1.165) is 0 Å². The molecule has 0 amide bonds. The summed E-state index contributed by atoms with van der Waals surface area (Å²) in [4.78, 5) is 23.4. The Morgan fingerprint density at radius 2 is 2.05 bits per heavy atom. The minimum atomic E-state index is -1.15. The smallest absolute Gasteiger partial charge is 0.357 e. The summed E-state index contributed by atoms with van der Waals surface area (Å²) < 4.78 is 1.17. The molecule has 1 N–H and O–H groups in total. The van der Waals surface area contributed by atoms with Gasteiger partial charge in [0.1, 0.15) is 0 Å². The molecule has 0 spiro atoms. The van der Waals surface area contributed by atoms with Crippen molar-refractivity contribution in [2.24, 2.45) is 0 Å². The second-order valence-corrected chi connectivity index (χ2v) is 4.04. The van der Waals surface area contributed by atoms with Crippen molar-refractivity contribution < 1.29 is 9.90 Å². The summed E-state index contributed by atoms with van der Waals surface area (Å²) in [6.07, 6.45) is 6.25. The first-order chi connectivity index (χ1) is 9.15. The van der Waals surface area contributed by atoms with E-state index in [-0.39, 0.29) is 11.3 Å². The molecule has 0 fully saturated rings. The third kappa shape index (κ3) is 2.47. The highest BCUT2D eigenvalue weighted by molar-refractivity contribution is 6.01. The van der Waals surface area contributed by atoms with Crippen molar-refractivity contribution in [3.63, 3.8) is 0 Å². The fraction of sp³-hybridized carbons (Fsp3) is 0.214. The number of aryl methyl sites for hydroxylation is 1. The Morgan fingerprint density at radius 1 is 1.37 bits per heavy atom. The van der Waals surface area contributed by atoms with E-state index in [0.29, 0.717) is 30.2 Å². The lowest BCUT2D eigenvalue weighted by Gasteiger charge is -2.07. The average Bonchev–Trinajstić information content (AvgIpc) is 2.41. The van der Waals surface area contributed by atoms with Crippen LogP contribution in [0.2, 0.25) is 0 Å². The number of aromatic carboxylic acids is 1. The zero-order valence-electron chi connectivity index (χ0n) is 10.2. The highest BCUT2D eigenvalue weighted by Gasteiger charge is 2.14. The monoisotopic (exact) mass is 256 g/mol. The first kappa shape index (κ1) is 12.8. The quantitative estimate of drug-likeness (QED) is 0.664. The molecule has 0 atom stereocenters. The van der Waals surface area contributed by atoms with Crippen LogP contribution in [0.25, 0.3) is 10.8 Å². The molecule has 5 nitrogen and oxygen atoms in total. The fourth-order valence-electron chi connectivity index (χ4n) is 1.88. The van der Waals surface area contributed by atoms with E-state index >= 15 is 0 Å². The second kappa shape index (κ2) is 5.36. The summed E-state index contributed by atoms with van der Waals surface area (Å²) in [6, 6.07) is 6.56. The van der Waals surface area contributed by atoms with Gasteiger partial charge in [0.05, 0.1) is 5.39 Å². The van der Waals surface area contributed by atoms with E-state index in [1.807, 2.05) is 0 Å². The number of rotatable bonds is 4. The lowest BCUT2D eigenvalue weighted by molar-refractivity contribution is 0.0690. The zero-order valence-corrected chi connectivity index (χ0v) is 10.2. The molecule has 2 aromatic rings. The van der Waals surface area contributed by atoms with Gasteiger partial charge in [-0.25, -0.2) is 9.48 Å². The molecule has 0 saturated heterocycles. The summed E-state index contributed by atoms with van der Waals surface area (Å²) in [7, 11) is 0. The average molecular weight is 256 g/mol. The molecule has 5 heteroatoms. The molecule has 1 aromatic carbocycles. The molecule has 19 heavy (non-hydrogen) atoms. The number of hydrogen-bond acceptors (Lipinski definition) is 3. The van der Waals surface area contributed by atoms with Crippen LogP contribution in [-0.4, -0.2) is 20.9 Å². The van der Waals surface area contributed by atoms with Crippen molar-refractivity contribution in [3.8, 4) is 12.3 Å². The molecular formula is C14H12N2O3. The van der Waals surface area contributed by atoms with Crippen molar-refractivity contribution in [2.75, 3.05) is 0 Å². The van der Waals surface area contributed by atoms with Gasteiger partial charge in [0.2, 0.25) is 0 Å². The molecule has 1 heterocycles. The lowest BCUT2D eigenvalue weighted by Crippen LogP contribution is -2.26. The first-order valence-electron chi connectivity index (χ1n) is 5.81. The van der Waals surface area contributed by atoms with Crippen LogP contribution in [-0.2, 0) is 6.54 Å². The number of carboxylic acid groups (broad SMARTS) is 1. The number of benzene rings is 1. The van der Waals surface area contributed by atoms with Crippen LogP contribution in [0, 0.1) is 12.3 Å². The van der Waals surface area contributed by atoms with Crippen molar-refractivity contribution in [1.29, 1.82) is 0 Å². The Morgan fingerprint density at radius 3 is 2.68 bits per heavy atom. The lowest BCUT2D eigenvalue weighted by atomic mass is 10.1. The molecule has 0 aliphatic carbocycles. The molecule has 0 bridgehead atoms. The van der Waals surface area contributed by atoms with Gasteiger partial charge in [0, 0.05) is 18.4 Å². The number of fused-ring (bicyclic) bond motifs is 1. The standard InChI is InChI=1S/C14H12N2O3/c1-2-3-6-9-16-13(17)11-8-5-4-7-10(11)12(15-16)14(18)19/h1,4-5,7-8H,3,6,9H2,(H,18,19). The van der Waals surface area contributed by atoms with Gasteiger partial charge >= 0.3 is 5.97 Å². The maximum absolute atomic E-state index is 12.2. The topological polar surface area (TPSA) is 72.2 Å². The molecule has 0 radical (unpaired) electrons. The van der Waals surface area contributed by atoms with Gasteiger partial charge in [-0.3, -0.25) is 4.79 Å². The highest BCUT2D eigenvalue weighted by atomic mass is 16.4. The van der Waals surface area contributed by atoms with Crippen LogP contribution in [0.1, 0.15) is 23.3 Å². The van der Waals surface area contributed by atoms with Crippen molar-refractivity contribution >= 4 is 16.7 Å². The fourth-order valence-corrected chi connectivity index (χ4v) is 1.88. The van der Waals surface area contributed by atoms with E-state index in [2.05, 4.69) is 11.0 Å². The zero-order chi connectivity index (χ0) is 13.8. The predicted octanol–water partition coefficient (Wildman–Crippen LogP) is 1.51. The van der Waals surface area contributed by atoms with Crippen LogP contribution in [0.4, 0.5) is 0 Å². The van der Waals surface area contributed by atoms with Gasteiger partial charge in [0.25, 0.3) is 5.56 Å². The Balaban J connectivity index is 2.60. The maximum Gasteiger partial charge on any atom is 0.357 e. The van der Waals surface area contributed by atoms with Crippen molar-refractivity contribution in [1.82, 2.24) is 9.78 Å². The Bertz CT molecular complexity index is 726. The summed E-state index contributed by atoms with van der Waals surface area (Å²) in [5.41, 5.74) is -0.409. The number of carbonyl (C=O) groups is 1. The third-order valence-corrected chi connectivity index (χ3v) is 2.76. The predicted molar refractivity (Wildman–Crippen MR) is 71.0 cm³/mol. The van der Waals surface area contributed by atoms with E-state index in [9.17, 15) is 9.59 Å². The van der Waals surface area contributed by atoms with E-state index in [1.165, 1.54) is 4.68 Å². The Labute approximate surface area is 109 Å². The first-order valence-corrected chi connectivity index (χ1v) is 5.81. The largest absolute Gasteiger partial charge is 0.476 e. The van der Waals surface area contributed by atoms with Crippen molar-refractivity contribution in [3.05, 3.63) is 40.3 Å². The Hall–Kier alpha value is -2.61. The van der Waals surface area contributed by atoms with E-state index in [4.69, 9.17) is 11.5 Å². The summed E-state index contributed by atoms with van der Waals surface area (Å²) in [6.45, 7) is 0.314.